The van der Waals surface area contributed by atoms with Crippen LogP contribution in [0.1, 0.15) is 21.5 Å². The van der Waals surface area contributed by atoms with E-state index in [-0.39, 0.29) is 10.6 Å². The van der Waals surface area contributed by atoms with E-state index in [1.165, 1.54) is 12.1 Å². The second kappa shape index (κ2) is 5.93. The Morgan fingerprint density at radius 3 is 2.00 bits per heavy atom. The maximum Gasteiger partial charge on any atom is 0.416 e. The molecule has 112 valence electrons. The summed E-state index contributed by atoms with van der Waals surface area (Å²) in [6, 6.07) is 6.06. The molecule has 2 aromatic rings. The van der Waals surface area contributed by atoms with Gasteiger partial charge in [-0.05, 0) is 35.4 Å². The average molecular weight is 386 g/mol. The Morgan fingerprint density at radius 2 is 1.48 bits per heavy atom. The lowest BCUT2D eigenvalue weighted by molar-refractivity contribution is -0.137. The highest BCUT2D eigenvalue weighted by Gasteiger charge is 2.30. The molecule has 0 aromatic heterocycles. The predicted octanol–water partition coefficient (Wildman–Crippen LogP) is 6.12. The van der Waals surface area contributed by atoms with E-state index >= 15 is 0 Å². The quantitative estimate of drug-likeness (QED) is 0.332. The van der Waals surface area contributed by atoms with Crippen molar-refractivity contribution in [3.8, 4) is 0 Å². The first kappa shape index (κ1) is 16.2. The number of benzene rings is 2. The van der Waals surface area contributed by atoms with E-state index in [2.05, 4.69) is 15.9 Å². The van der Waals surface area contributed by atoms with Crippen molar-refractivity contribution in [1.82, 2.24) is 0 Å². The zero-order valence-electron chi connectivity index (χ0n) is 10.2. The van der Waals surface area contributed by atoms with Gasteiger partial charge < -0.3 is 0 Å². The highest BCUT2D eigenvalue weighted by molar-refractivity contribution is 9.09. The Labute approximate surface area is 130 Å². The average Bonchev–Trinajstić information content (AvgIpc) is 2.41. The van der Waals surface area contributed by atoms with Crippen molar-refractivity contribution in [2.24, 2.45) is 0 Å². The minimum absolute atomic E-state index is 0.0179. The molecule has 2 rings (SSSR count). The van der Waals surface area contributed by atoms with Gasteiger partial charge in [-0.1, -0.05) is 39.7 Å². The molecule has 0 aliphatic carbocycles. The van der Waals surface area contributed by atoms with Crippen molar-refractivity contribution in [2.45, 2.75) is 11.0 Å². The molecule has 0 spiro atoms. The Kier molecular flexibility index (Phi) is 4.58. The molecule has 0 amide bonds. The van der Waals surface area contributed by atoms with Crippen LogP contribution in [0.2, 0.25) is 5.02 Å². The molecule has 0 radical (unpaired) electrons. The predicted molar refractivity (Wildman–Crippen MR) is 73.6 cm³/mol. The lowest BCUT2D eigenvalue weighted by atomic mass is 10.0. The van der Waals surface area contributed by atoms with Gasteiger partial charge in [-0.3, -0.25) is 0 Å². The van der Waals surface area contributed by atoms with E-state index < -0.39 is 28.2 Å². The molecule has 0 N–H and O–H groups in total. The zero-order valence-corrected chi connectivity index (χ0v) is 12.5. The third-order valence-electron chi connectivity index (χ3n) is 2.84. The molecule has 0 bridgehead atoms. The van der Waals surface area contributed by atoms with E-state index in [1.54, 1.807) is 0 Å². The van der Waals surface area contributed by atoms with Crippen molar-refractivity contribution in [2.75, 3.05) is 0 Å². The van der Waals surface area contributed by atoms with Crippen LogP contribution in [0, 0.1) is 11.6 Å². The Hall–Kier alpha value is -1.14. The molecule has 1 unspecified atom stereocenters. The highest BCUT2D eigenvalue weighted by atomic mass is 79.9. The van der Waals surface area contributed by atoms with Crippen LogP contribution < -0.4 is 0 Å². The number of hydrogen-bond acceptors (Lipinski definition) is 0. The molecule has 0 fully saturated rings. The second-order valence-corrected chi connectivity index (χ2v) is 5.59. The molecule has 0 saturated carbocycles. The van der Waals surface area contributed by atoms with E-state index in [1.807, 2.05) is 0 Å². The fraction of sp³-hybridized carbons (Fsp3) is 0.143. The molecule has 0 aliphatic heterocycles. The van der Waals surface area contributed by atoms with Gasteiger partial charge in [-0.15, -0.1) is 0 Å². The molecular weight excluding hydrogens is 379 g/mol. The minimum atomic E-state index is -4.43. The summed E-state index contributed by atoms with van der Waals surface area (Å²) in [5, 5.41) is -0.0179. The highest BCUT2D eigenvalue weighted by Crippen LogP contribution is 2.37. The molecule has 0 nitrogen and oxygen atoms in total. The van der Waals surface area contributed by atoms with Gasteiger partial charge >= 0.3 is 6.18 Å². The van der Waals surface area contributed by atoms with Gasteiger partial charge in [0.2, 0.25) is 0 Å². The maximum absolute atomic E-state index is 13.3. The number of alkyl halides is 4. The SMILES string of the molecule is Fc1cc(Cl)c(C(Br)c2ccc(C(F)(F)F)cc2)cc1F. The van der Waals surface area contributed by atoms with Crippen LogP contribution in [0.3, 0.4) is 0 Å². The monoisotopic (exact) mass is 384 g/mol. The van der Waals surface area contributed by atoms with Crippen LogP contribution in [-0.2, 0) is 6.18 Å². The first-order chi connectivity index (χ1) is 9.70. The number of hydrogen-bond donors (Lipinski definition) is 0. The molecular formula is C14H7BrClF5. The Bertz CT molecular complexity index is 652. The molecule has 2 aromatic carbocycles. The summed E-state index contributed by atoms with van der Waals surface area (Å²) in [5.41, 5.74) is -0.117. The van der Waals surface area contributed by atoms with Crippen LogP contribution in [0.25, 0.3) is 0 Å². The number of rotatable bonds is 2. The van der Waals surface area contributed by atoms with E-state index in [4.69, 9.17) is 11.6 Å². The van der Waals surface area contributed by atoms with Gasteiger partial charge in [0, 0.05) is 5.02 Å². The number of halogens is 7. The summed E-state index contributed by atoms with van der Waals surface area (Å²) in [6.45, 7) is 0. The maximum atomic E-state index is 13.3. The molecule has 1 atom stereocenters. The van der Waals surface area contributed by atoms with E-state index in [9.17, 15) is 22.0 Å². The van der Waals surface area contributed by atoms with Crippen LogP contribution in [-0.4, -0.2) is 0 Å². The summed E-state index contributed by atoms with van der Waals surface area (Å²) in [5.74, 6) is -2.17. The normalized spacial score (nSPS) is 13.3. The van der Waals surface area contributed by atoms with Crippen LogP contribution in [0.4, 0.5) is 22.0 Å². The van der Waals surface area contributed by atoms with Crippen molar-refractivity contribution >= 4 is 27.5 Å². The van der Waals surface area contributed by atoms with Gasteiger partial charge in [0.15, 0.2) is 11.6 Å². The second-order valence-electron chi connectivity index (χ2n) is 4.27. The minimum Gasteiger partial charge on any atom is -0.204 e. The van der Waals surface area contributed by atoms with Gasteiger partial charge in [0.1, 0.15) is 0 Å². The molecule has 0 aliphatic rings. The smallest absolute Gasteiger partial charge is 0.204 e. The van der Waals surface area contributed by atoms with Gasteiger partial charge in [0.25, 0.3) is 0 Å². The molecule has 21 heavy (non-hydrogen) atoms. The molecule has 0 saturated heterocycles. The van der Waals surface area contributed by atoms with Crippen LogP contribution in [0.5, 0.6) is 0 Å². The third-order valence-corrected chi connectivity index (χ3v) is 4.19. The first-order valence-electron chi connectivity index (χ1n) is 5.66. The molecule has 0 heterocycles. The van der Waals surface area contributed by atoms with Crippen LogP contribution in [0.15, 0.2) is 36.4 Å². The van der Waals surface area contributed by atoms with E-state index in [0.717, 1.165) is 24.3 Å². The molecule has 7 heteroatoms. The largest absolute Gasteiger partial charge is 0.416 e. The van der Waals surface area contributed by atoms with Crippen molar-refractivity contribution < 1.29 is 22.0 Å². The summed E-state index contributed by atoms with van der Waals surface area (Å²) < 4.78 is 63.7. The van der Waals surface area contributed by atoms with Crippen LogP contribution >= 0.6 is 27.5 Å². The standard InChI is InChI=1S/C14H7BrClF5/c15-13(9-5-11(17)12(18)6-10(9)16)7-1-3-8(4-2-7)14(19,20)21/h1-6,13H. The fourth-order valence-electron chi connectivity index (χ4n) is 1.75. The summed E-state index contributed by atoms with van der Waals surface area (Å²) >= 11 is 9.06. The Balaban J connectivity index is 2.36. The van der Waals surface area contributed by atoms with Gasteiger partial charge in [0.05, 0.1) is 10.4 Å². The van der Waals surface area contributed by atoms with Crippen molar-refractivity contribution in [3.63, 3.8) is 0 Å². The lowest BCUT2D eigenvalue weighted by Crippen LogP contribution is -2.05. The summed E-state index contributed by atoms with van der Waals surface area (Å²) in [7, 11) is 0. The van der Waals surface area contributed by atoms with Gasteiger partial charge in [-0.2, -0.15) is 13.2 Å². The summed E-state index contributed by atoms with van der Waals surface area (Å²) in [6.07, 6.45) is -4.43. The topological polar surface area (TPSA) is 0 Å². The van der Waals surface area contributed by atoms with Crippen molar-refractivity contribution in [3.05, 3.63) is 69.7 Å². The summed E-state index contributed by atoms with van der Waals surface area (Å²) in [4.78, 5) is -0.651. The van der Waals surface area contributed by atoms with Gasteiger partial charge in [-0.25, -0.2) is 8.78 Å². The third kappa shape index (κ3) is 3.55. The van der Waals surface area contributed by atoms with Crippen molar-refractivity contribution in [1.29, 1.82) is 0 Å². The fourth-order valence-corrected chi connectivity index (χ4v) is 2.83. The first-order valence-corrected chi connectivity index (χ1v) is 6.95. The Morgan fingerprint density at radius 1 is 0.952 bits per heavy atom. The van der Waals surface area contributed by atoms with E-state index in [0.29, 0.717) is 5.56 Å². The lowest BCUT2D eigenvalue weighted by Gasteiger charge is -2.14. The zero-order chi connectivity index (χ0) is 15.8.